The molecule has 5 nitrogen and oxygen atoms in total. The number of likely N-dealkylation sites (tertiary alicyclic amines) is 1. The third-order valence-corrected chi connectivity index (χ3v) is 4.91. The molecule has 0 aromatic carbocycles. The van der Waals surface area contributed by atoms with Gasteiger partial charge in [-0.3, -0.25) is 14.9 Å². The van der Waals surface area contributed by atoms with Crippen molar-refractivity contribution in [1.29, 1.82) is 0 Å². The monoisotopic (exact) mass is 325 g/mol. The number of rotatable bonds is 5. The molecule has 2 aliphatic rings. The van der Waals surface area contributed by atoms with Crippen LogP contribution in [0.2, 0.25) is 0 Å². The van der Waals surface area contributed by atoms with Crippen LogP contribution >= 0.6 is 0 Å². The molecule has 24 heavy (non-hydrogen) atoms. The SMILES string of the molecule is c1cncc(CO[C@H]2CO[C@@]3(CCN(Cc4cccnc4)C3)C2)c1. The summed E-state index contributed by atoms with van der Waals surface area (Å²) in [6.07, 6.45) is 9.66. The third-order valence-electron chi connectivity index (χ3n) is 4.91. The fraction of sp³-hybridized carbons (Fsp3) is 0.474. The zero-order valence-electron chi connectivity index (χ0n) is 13.8. The zero-order chi connectivity index (χ0) is 16.2. The molecule has 126 valence electrons. The summed E-state index contributed by atoms with van der Waals surface area (Å²) < 4.78 is 12.2. The summed E-state index contributed by atoms with van der Waals surface area (Å²) in [5.74, 6) is 0. The molecular formula is C19H23N3O2. The average Bonchev–Trinajstić information content (AvgIpc) is 3.21. The van der Waals surface area contributed by atoms with E-state index in [1.54, 1.807) is 6.20 Å². The van der Waals surface area contributed by atoms with Crippen LogP contribution in [-0.4, -0.2) is 46.3 Å². The Hall–Kier alpha value is -1.82. The van der Waals surface area contributed by atoms with Gasteiger partial charge in [0.1, 0.15) is 0 Å². The molecule has 2 aromatic heterocycles. The van der Waals surface area contributed by atoms with E-state index in [1.807, 2.05) is 36.8 Å². The zero-order valence-corrected chi connectivity index (χ0v) is 13.8. The molecule has 0 amide bonds. The molecule has 0 radical (unpaired) electrons. The number of aromatic nitrogens is 2. The summed E-state index contributed by atoms with van der Waals surface area (Å²) in [4.78, 5) is 10.8. The number of ether oxygens (including phenoxy) is 2. The summed E-state index contributed by atoms with van der Waals surface area (Å²) in [5.41, 5.74) is 2.35. The van der Waals surface area contributed by atoms with Gasteiger partial charge in [-0.15, -0.1) is 0 Å². The highest BCUT2D eigenvalue weighted by Gasteiger charge is 2.45. The van der Waals surface area contributed by atoms with Crippen molar-refractivity contribution < 1.29 is 9.47 Å². The summed E-state index contributed by atoms with van der Waals surface area (Å²) in [5, 5.41) is 0. The predicted molar refractivity (Wildman–Crippen MR) is 90.2 cm³/mol. The standard InChI is InChI=1S/C19H23N3O2/c1-3-16(10-20-6-1)12-22-8-5-19(15-22)9-18(14-24-19)23-13-17-4-2-7-21-11-17/h1-4,6-7,10-11,18H,5,8-9,12-15H2/t18-,19+/m1/s1. The first-order valence-electron chi connectivity index (χ1n) is 8.57. The Labute approximate surface area is 142 Å². The van der Waals surface area contributed by atoms with Crippen LogP contribution < -0.4 is 0 Å². The minimum atomic E-state index is -0.0260. The topological polar surface area (TPSA) is 47.5 Å². The number of hydrogen-bond donors (Lipinski definition) is 0. The van der Waals surface area contributed by atoms with E-state index in [2.05, 4.69) is 20.9 Å². The van der Waals surface area contributed by atoms with Crippen LogP contribution in [0.1, 0.15) is 24.0 Å². The van der Waals surface area contributed by atoms with E-state index in [0.29, 0.717) is 13.2 Å². The predicted octanol–water partition coefficient (Wildman–Crippen LogP) is 2.43. The van der Waals surface area contributed by atoms with Crippen LogP contribution in [0.15, 0.2) is 49.1 Å². The fourth-order valence-corrected chi connectivity index (χ4v) is 3.70. The van der Waals surface area contributed by atoms with Crippen LogP contribution in [0.5, 0.6) is 0 Å². The van der Waals surface area contributed by atoms with Crippen LogP contribution in [0.3, 0.4) is 0 Å². The number of hydrogen-bond acceptors (Lipinski definition) is 5. The van der Waals surface area contributed by atoms with Gasteiger partial charge in [0.05, 0.1) is 24.9 Å². The molecule has 2 saturated heterocycles. The second-order valence-electron chi connectivity index (χ2n) is 6.81. The lowest BCUT2D eigenvalue weighted by Crippen LogP contribution is -2.33. The van der Waals surface area contributed by atoms with E-state index in [1.165, 1.54) is 5.56 Å². The first-order valence-corrected chi connectivity index (χ1v) is 8.57. The lowest BCUT2D eigenvalue weighted by molar-refractivity contribution is -0.000455. The van der Waals surface area contributed by atoms with E-state index < -0.39 is 0 Å². The maximum absolute atomic E-state index is 6.17. The maximum atomic E-state index is 6.17. The quantitative estimate of drug-likeness (QED) is 0.845. The van der Waals surface area contributed by atoms with Gasteiger partial charge in [-0.05, 0) is 29.7 Å². The molecule has 4 heterocycles. The fourth-order valence-electron chi connectivity index (χ4n) is 3.70. The second-order valence-corrected chi connectivity index (χ2v) is 6.81. The Morgan fingerprint density at radius 3 is 2.71 bits per heavy atom. The Kier molecular flexibility index (Phi) is 4.56. The van der Waals surface area contributed by atoms with Gasteiger partial charge < -0.3 is 9.47 Å². The van der Waals surface area contributed by atoms with Crippen molar-refractivity contribution in [1.82, 2.24) is 14.9 Å². The minimum absolute atomic E-state index is 0.0260. The summed E-state index contributed by atoms with van der Waals surface area (Å²) in [6.45, 7) is 4.30. The van der Waals surface area contributed by atoms with Gasteiger partial charge in [0.15, 0.2) is 0 Å². The highest BCUT2D eigenvalue weighted by atomic mass is 16.6. The van der Waals surface area contributed by atoms with E-state index in [4.69, 9.17) is 9.47 Å². The van der Waals surface area contributed by atoms with Crippen molar-refractivity contribution in [2.75, 3.05) is 19.7 Å². The molecular weight excluding hydrogens is 302 g/mol. The van der Waals surface area contributed by atoms with Gasteiger partial charge in [0.25, 0.3) is 0 Å². The molecule has 2 aromatic rings. The van der Waals surface area contributed by atoms with Crippen molar-refractivity contribution in [3.05, 3.63) is 60.2 Å². The van der Waals surface area contributed by atoms with Crippen LogP contribution in [0.25, 0.3) is 0 Å². The van der Waals surface area contributed by atoms with Crippen LogP contribution in [0, 0.1) is 0 Å². The molecule has 5 heteroatoms. The molecule has 0 aliphatic carbocycles. The molecule has 0 saturated carbocycles. The highest BCUT2D eigenvalue weighted by molar-refractivity contribution is 5.10. The second kappa shape index (κ2) is 6.97. The summed E-state index contributed by atoms with van der Waals surface area (Å²) in [6, 6.07) is 8.12. The minimum Gasteiger partial charge on any atom is -0.371 e. The number of pyridine rings is 2. The van der Waals surface area contributed by atoms with Crippen molar-refractivity contribution >= 4 is 0 Å². The lowest BCUT2D eigenvalue weighted by Gasteiger charge is -2.23. The average molecular weight is 325 g/mol. The van der Waals surface area contributed by atoms with Gasteiger partial charge in [-0.1, -0.05) is 12.1 Å². The number of nitrogens with zero attached hydrogens (tertiary/aromatic N) is 3. The first-order chi connectivity index (χ1) is 11.8. The van der Waals surface area contributed by atoms with Crippen molar-refractivity contribution in [3.8, 4) is 0 Å². The Morgan fingerprint density at radius 1 is 1.17 bits per heavy atom. The molecule has 0 unspecified atom stereocenters. The summed E-state index contributed by atoms with van der Waals surface area (Å²) in [7, 11) is 0. The van der Waals surface area contributed by atoms with Gasteiger partial charge in [-0.25, -0.2) is 0 Å². The molecule has 0 bridgehead atoms. The van der Waals surface area contributed by atoms with E-state index in [9.17, 15) is 0 Å². The third kappa shape index (κ3) is 3.64. The molecule has 2 aliphatic heterocycles. The van der Waals surface area contributed by atoms with Gasteiger partial charge in [0.2, 0.25) is 0 Å². The first kappa shape index (κ1) is 15.7. The largest absolute Gasteiger partial charge is 0.371 e. The van der Waals surface area contributed by atoms with E-state index >= 15 is 0 Å². The highest BCUT2D eigenvalue weighted by Crippen LogP contribution is 2.36. The Bertz CT molecular complexity index is 652. The Morgan fingerprint density at radius 2 is 1.96 bits per heavy atom. The summed E-state index contributed by atoms with van der Waals surface area (Å²) >= 11 is 0. The molecule has 2 atom stereocenters. The smallest absolute Gasteiger partial charge is 0.0847 e. The van der Waals surface area contributed by atoms with E-state index in [0.717, 1.165) is 38.0 Å². The van der Waals surface area contributed by atoms with Crippen molar-refractivity contribution in [2.24, 2.45) is 0 Å². The molecule has 2 fully saturated rings. The van der Waals surface area contributed by atoms with E-state index in [-0.39, 0.29) is 11.7 Å². The van der Waals surface area contributed by atoms with Crippen molar-refractivity contribution in [3.63, 3.8) is 0 Å². The van der Waals surface area contributed by atoms with Crippen LogP contribution in [0.4, 0.5) is 0 Å². The van der Waals surface area contributed by atoms with Gasteiger partial charge in [0, 0.05) is 50.8 Å². The Balaban J connectivity index is 1.28. The van der Waals surface area contributed by atoms with Gasteiger partial charge >= 0.3 is 0 Å². The lowest BCUT2D eigenvalue weighted by atomic mass is 9.98. The molecule has 4 rings (SSSR count). The molecule has 1 spiro atoms. The van der Waals surface area contributed by atoms with Gasteiger partial charge in [-0.2, -0.15) is 0 Å². The van der Waals surface area contributed by atoms with Crippen molar-refractivity contribution in [2.45, 2.75) is 37.7 Å². The maximum Gasteiger partial charge on any atom is 0.0847 e. The molecule has 0 N–H and O–H groups in total. The van der Waals surface area contributed by atoms with Crippen LogP contribution in [-0.2, 0) is 22.6 Å². The normalized spacial score (nSPS) is 27.1.